The first-order chi connectivity index (χ1) is 6.33. The molecule has 0 saturated carbocycles. The second-order valence-corrected chi connectivity index (χ2v) is 6.92. The second kappa shape index (κ2) is 5.78. The Kier molecular flexibility index (Phi) is 4.99. The van der Waals surface area contributed by atoms with Crippen molar-refractivity contribution in [2.75, 3.05) is 13.2 Å². The van der Waals surface area contributed by atoms with Crippen LogP contribution in [0.25, 0.3) is 0 Å². The molecule has 0 bridgehead atoms. The molecule has 0 aromatic rings. The van der Waals surface area contributed by atoms with E-state index in [0.717, 1.165) is 19.6 Å². The quantitative estimate of drug-likeness (QED) is 0.679. The molecule has 0 radical (unpaired) electrons. The predicted octanol–water partition coefficient (Wildman–Crippen LogP) is 1.23. The number of ether oxygens (including phenoxy) is 1. The zero-order valence-corrected chi connectivity index (χ0v) is 10.3. The third kappa shape index (κ3) is 3.41. The van der Waals surface area contributed by atoms with E-state index in [0.29, 0.717) is 5.22 Å². The summed E-state index contributed by atoms with van der Waals surface area (Å²) in [5.74, 6) is 0. The molecule has 1 unspecified atom stereocenters. The van der Waals surface area contributed by atoms with E-state index < -0.39 is 0 Å². The summed E-state index contributed by atoms with van der Waals surface area (Å²) in [6.45, 7) is 4.12. The third-order valence-corrected chi connectivity index (χ3v) is 5.30. The molecular formula is C10H23NOSi. The lowest BCUT2D eigenvalue weighted by Crippen LogP contribution is -2.42. The molecule has 2 nitrogen and oxygen atoms in total. The van der Waals surface area contributed by atoms with Crippen molar-refractivity contribution >= 4 is 9.52 Å². The smallest absolute Gasteiger partial charge is 0.0592 e. The van der Waals surface area contributed by atoms with Gasteiger partial charge >= 0.3 is 0 Å². The molecule has 1 heterocycles. The van der Waals surface area contributed by atoms with Gasteiger partial charge in [-0.3, -0.25) is 0 Å². The lowest BCUT2D eigenvalue weighted by Gasteiger charge is -2.37. The van der Waals surface area contributed by atoms with Crippen LogP contribution in [0.5, 0.6) is 0 Å². The fourth-order valence-electron chi connectivity index (χ4n) is 2.31. The van der Waals surface area contributed by atoms with E-state index in [2.05, 4.69) is 6.92 Å². The van der Waals surface area contributed by atoms with E-state index in [-0.39, 0.29) is 9.52 Å². The number of hydrogen-bond donors (Lipinski definition) is 1. The summed E-state index contributed by atoms with van der Waals surface area (Å²) in [6, 6.07) is 1.37. The van der Waals surface area contributed by atoms with Gasteiger partial charge in [0.1, 0.15) is 0 Å². The highest BCUT2D eigenvalue weighted by Gasteiger charge is 2.31. The first-order valence-electron chi connectivity index (χ1n) is 5.67. The average Bonchev–Trinajstić information content (AvgIpc) is 2.17. The van der Waals surface area contributed by atoms with E-state index in [1.165, 1.54) is 31.7 Å². The lowest BCUT2D eigenvalue weighted by atomic mass is 10.0. The van der Waals surface area contributed by atoms with Gasteiger partial charge in [0.2, 0.25) is 0 Å². The standard InChI is InChI=1S/C10H23NOSi/c1-2-13-10(7-5-8-11)6-3-4-9-12-10/h2-9,11,13H2,1H3. The third-order valence-electron chi connectivity index (χ3n) is 2.98. The normalized spacial score (nSPS) is 30.0. The van der Waals surface area contributed by atoms with Crippen LogP contribution in [0.15, 0.2) is 0 Å². The van der Waals surface area contributed by atoms with Crippen LogP contribution in [-0.4, -0.2) is 27.9 Å². The summed E-state index contributed by atoms with van der Waals surface area (Å²) in [5, 5.41) is 0.340. The van der Waals surface area contributed by atoms with E-state index in [9.17, 15) is 0 Å². The summed E-state index contributed by atoms with van der Waals surface area (Å²) in [4.78, 5) is 0. The highest BCUT2D eigenvalue weighted by atomic mass is 28.2. The molecule has 1 atom stereocenters. The van der Waals surface area contributed by atoms with E-state index in [4.69, 9.17) is 10.5 Å². The maximum Gasteiger partial charge on any atom is 0.0592 e. The molecular weight excluding hydrogens is 178 g/mol. The van der Waals surface area contributed by atoms with Crippen LogP contribution < -0.4 is 5.73 Å². The van der Waals surface area contributed by atoms with E-state index in [1.807, 2.05) is 0 Å². The molecule has 0 aromatic heterocycles. The van der Waals surface area contributed by atoms with Crippen molar-refractivity contribution in [2.24, 2.45) is 5.73 Å². The van der Waals surface area contributed by atoms with Gasteiger partial charge in [-0.25, -0.2) is 0 Å². The van der Waals surface area contributed by atoms with Gasteiger partial charge in [-0.15, -0.1) is 0 Å². The maximum absolute atomic E-state index is 6.01. The van der Waals surface area contributed by atoms with Gasteiger partial charge in [0, 0.05) is 6.61 Å². The first kappa shape index (κ1) is 11.2. The Bertz CT molecular complexity index is 129. The largest absolute Gasteiger partial charge is 0.379 e. The Morgan fingerprint density at radius 2 is 2.31 bits per heavy atom. The van der Waals surface area contributed by atoms with Crippen molar-refractivity contribution in [2.45, 2.75) is 50.3 Å². The molecule has 0 spiro atoms. The zero-order chi connectivity index (χ0) is 9.57. The van der Waals surface area contributed by atoms with Crippen molar-refractivity contribution in [1.29, 1.82) is 0 Å². The maximum atomic E-state index is 6.01. The molecule has 1 aliphatic heterocycles. The fraction of sp³-hybridized carbons (Fsp3) is 1.00. The minimum absolute atomic E-state index is 0.0290. The Morgan fingerprint density at radius 1 is 1.46 bits per heavy atom. The van der Waals surface area contributed by atoms with Gasteiger partial charge in [-0.05, 0) is 38.6 Å². The highest BCUT2D eigenvalue weighted by Crippen LogP contribution is 2.29. The second-order valence-electron chi connectivity index (χ2n) is 4.13. The van der Waals surface area contributed by atoms with Gasteiger partial charge < -0.3 is 10.5 Å². The summed E-state index contributed by atoms with van der Waals surface area (Å²) in [7, 11) is -0.0290. The van der Waals surface area contributed by atoms with Gasteiger partial charge in [0.15, 0.2) is 0 Å². The summed E-state index contributed by atoms with van der Waals surface area (Å²) >= 11 is 0. The molecule has 0 aromatic carbocycles. The molecule has 0 aliphatic carbocycles. The monoisotopic (exact) mass is 201 g/mol. The van der Waals surface area contributed by atoms with E-state index >= 15 is 0 Å². The Labute approximate surface area is 84.0 Å². The zero-order valence-electron chi connectivity index (χ0n) is 8.85. The van der Waals surface area contributed by atoms with Crippen LogP contribution in [0.3, 0.4) is 0 Å². The minimum atomic E-state index is -0.0290. The van der Waals surface area contributed by atoms with Gasteiger partial charge in [0.05, 0.1) is 14.7 Å². The number of rotatable bonds is 5. The Hall–Kier alpha value is 0.137. The average molecular weight is 201 g/mol. The first-order valence-corrected chi connectivity index (χ1v) is 7.38. The SMILES string of the molecule is CC[SiH2]C1(CCCN)CCCCO1. The summed E-state index contributed by atoms with van der Waals surface area (Å²) < 4.78 is 6.01. The predicted molar refractivity (Wildman–Crippen MR) is 59.8 cm³/mol. The van der Waals surface area contributed by atoms with Crippen molar-refractivity contribution in [3.05, 3.63) is 0 Å². The molecule has 2 N–H and O–H groups in total. The summed E-state index contributed by atoms with van der Waals surface area (Å²) in [6.07, 6.45) is 6.32. The molecule has 3 heteroatoms. The summed E-state index contributed by atoms with van der Waals surface area (Å²) in [5.41, 5.74) is 5.56. The van der Waals surface area contributed by atoms with Crippen LogP contribution >= 0.6 is 0 Å². The fourth-order valence-corrected chi connectivity index (χ4v) is 4.51. The molecule has 78 valence electrons. The van der Waals surface area contributed by atoms with Crippen LogP contribution in [0.2, 0.25) is 6.04 Å². The van der Waals surface area contributed by atoms with Crippen LogP contribution in [0.4, 0.5) is 0 Å². The van der Waals surface area contributed by atoms with Crippen molar-refractivity contribution in [1.82, 2.24) is 0 Å². The van der Waals surface area contributed by atoms with Crippen LogP contribution in [0.1, 0.15) is 39.0 Å². The van der Waals surface area contributed by atoms with Gasteiger partial charge in [-0.1, -0.05) is 13.0 Å². The highest BCUT2D eigenvalue weighted by molar-refractivity contribution is 6.39. The minimum Gasteiger partial charge on any atom is -0.379 e. The number of nitrogens with two attached hydrogens (primary N) is 1. The Balaban J connectivity index is 2.40. The molecule has 1 fully saturated rings. The molecule has 1 rings (SSSR count). The van der Waals surface area contributed by atoms with E-state index in [1.54, 1.807) is 0 Å². The van der Waals surface area contributed by atoms with Crippen LogP contribution in [-0.2, 0) is 4.74 Å². The number of hydrogen-bond acceptors (Lipinski definition) is 2. The molecule has 1 aliphatic rings. The Morgan fingerprint density at radius 3 is 2.85 bits per heavy atom. The molecule has 0 amide bonds. The van der Waals surface area contributed by atoms with Crippen molar-refractivity contribution < 1.29 is 4.74 Å². The molecule has 1 saturated heterocycles. The van der Waals surface area contributed by atoms with Gasteiger partial charge in [0.25, 0.3) is 0 Å². The van der Waals surface area contributed by atoms with Gasteiger partial charge in [-0.2, -0.15) is 0 Å². The van der Waals surface area contributed by atoms with Crippen LogP contribution in [0, 0.1) is 0 Å². The molecule has 13 heavy (non-hydrogen) atoms. The topological polar surface area (TPSA) is 35.2 Å². The van der Waals surface area contributed by atoms with Crippen molar-refractivity contribution in [3.8, 4) is 0 Å². The van der Waals surface area contributed by atoms with Crippen molar-refractivity contribution in [3.63, 3.8) is 0 Å². The lowest BCUT2D eigenvalue weighted by molar-refractivity contribution is -0.0261.